The SMILES string of the molecule is CCCCCCN1CCOc2ccccc2OCCN(CCCCCC)CCOc2ccccc2OCC1. The highest BCUT2D eigenvalue weighted by Gasteiger charge is 2.12. The molecule has 1 aliphatic rings. The van der Waals surface area contributed by atoms with Gasteiger partial charge in [-0.15, -0.1) is 0 Å². The maximum absolute atomic E-state index is 6.22. The van der Waals surface area contributed by atoms with Crippen LogP contribution < -0.4 is 18.9 Å². The lowest BCUT2D eigenvalue weighted by atomic mass is 10.2. The van der Waals surface area contributed by atoms with Gasteiger partial charge in [-0.3, -0.25) is 9.80 Å². The number of nitrogens with zero attached hydrogens (tertiary/aromatic N) is 2. The quantitative estimate of drug-likeness (QED) is 0.322. The van der Waals surface area contributed by atoms with Crippen LogP contribution in [0.1, 0.15) is 65.2 Å². The van der Waals surface area contributed by atoms with E-state index in [1.807, 2.05) is 48.5 Å². The van der Waals surface area contributed by atoms with Crippen LogP contribution in [0.15, 0.2) is 48.5 Å². The van der Waals surface area contributed by atoms with Gasteiger partial charge in [-0.1, -0.05) is 76.6 Å². The third kappa shape index (κ3) is 11.5. The van der Waals surface area contributed by atoms with Crippen molar-refractivity contribution in [3.63, 3.8) is 0 Å². The lowest BCUT2D eigenvalue weighted by Crippen LogP contribution is -2.34. The van der Waals surface area contributed by atoms with Gasteiger partial charge in [0, 0.05) is 26.2 Å². The van der Waals surface area contributed by atoms with Crippen molar-refractivity contribution in [1.29, 1.82) is 0 Å². The van der Waals surface area contributed by atoms with E-state index in [4.69, 9.17) is 18.9 Å². The summed E-state index contributed by atoms with van der Waals surface area (Å²) in [6, 6.07) is 16.1. The zero-order chi connectivity index (χ0) is 26.7. The molecule has 0 bridgehead atoms. The normalized spacial score (nSPS) is 16.5. The number of rotatable bonds is 10. The third-order valence-electron chi connectivity index (χ3n) is 7.01. The van der Waals surface area contributed by atoms with Crippen molar-refractivity contribution in [2.24, 2.45) is 0 Å². The minimum atomic E-state index is 0.622. The first-order valence-electron chi connectivity index (χ1n) is 14.9. The Kier molecular flexibility index (Phi) is 14.9. The molecule has 0 aliphatic carbocycles. The van der Waals surface area contributed by atoms with Gasteiger partial charge in [0.15, 0.2) is 23.0 Å². The Morgan fingerprint density at radius 3 is 1.08 bits per heavy atom. The zero-order valence-corrected chi connectivity index (χ0v) is 23.9. The monoisotopic (exact) mass is 526 g/mol. The molecule has 0 spiro atoms. The Hall–Kier alpha value is -2.44. The molecule has 0 radical (unpaired) electrons. The Bertz CT molecular complexity index is 749. The molecule has 0 fully saturated rings. The first-order valence-corrected chi connectivity index (χ1v) is 14.9. The van der Waals surface area contributed by atoms with E-state index in [9.17, 15) is 0 Å². The molecule has 38 heavy (non-hydrogen) atoms. The van der Waals surface area contributed by atoms with Crippen molar-refractivity contribution < 1.29 is 18.9 Å². The van der Waals surface area contributed by atoms with Gasteiger partial charge in [-0.05, 0) is 50.2 Å². The van der Waals surface area contributed by atoms with Crippen LogP contribution in [0, 0.1) is 0 Å². The van der Waals surface area contributed by atoms with Gasteiger partial charge in [-0.2, -0.15) is 0 Å². The van der Waals surface area contributed by atoms with Gasteiger partial charge in [0.05, 0.1) is 0 Å². The molecule has 6 heteroatoms. The zero-order valence-electron chi connectivity index (χ0n) is 23.9. The van der Waals surface area contributed by atoms with E-state index in [1.165, 1.54) is 51.4 Å². The lowest BCUT2D eigenvalue weighted by molar-refractivity contribution is 0.153. The second-order valence-electron chi connectivity index (χ2n) is 10.1. The predicted octanol–water partition coefficient (Wildman–Crippen LogP) is 6.68. The van der Waals surface area contributed by atoms with Crippen LogP contribution in [0.25, 0.3) is 0 Å². The van der Waals surface area contributed by atoms with Crippen LogP contribution in [-0.2, 0) is 0 Å². The number of ether oxygens (including phenoxy) is 4. The summed E-state index contributed by atoms with van der Waals surface area (Å²) in [5, 5.41) is 0. The van der Waals surface area contributed by atoms with Crippen molar-refractivity contribution in [2.45, 2.75) is 65.2 Å². The topological polar surface area (TPSA) is 43.4 Å². The van der Waals surface area contributed by atoms with Crippen LogP contribution >= 0.6 is 0 Å². The Balaban J connectivity index is 1.67. The van der Waals surface area contributed by atoms with Gasteiger partial charge in [-0.25, -0.2) is 0 Å². The molecule has 0 N–H and O–H groups in total. The second kappa shape index (κ2) is 18.8. The molecule has 0 saturated heterocycles. The molecule has 2 aromatic carbocycles. The summed E-state index contributed by atoms with van der Waals surface area (Å²) in [4.78, 5) is 4.89. The van der Waals surface area contributed by atoms with E-state index in [1.54, 1.807) is 0 Å². The van der Waals surface area contributed by atoms with Crippen LogP contribution in [0.3, 0.4) is 0 Å². The highest BCUT2D eigenvalue weighted by Crippen LogP contribution is 2.27. The highest BCUT2D eigenvalue weighted by molar-refractivity contribution is 5.40. The predicted molar refractivity (Wildman–Crippen MR) is 156 cm³/mol. The summed E-state index contributed by atoms with van der Waals surface area (Å²) < 4.78 is 24.9. The van der Waals surface area contributed by atoms with Crippen molar-refractivity contribution in [2.75, 3.05) is 65.7 Å². The summed E-state index contributed by atoms with van der Waals surface area (Å²) in [5.41, 5.74) is 0. The van der Waals surface area contributed by atoms with Gasteiger partial charge < -0.3 is 18.9 Å². The molecular weight excluding hydrogens is 476 g/mol. The van der Waals surface area contributed by atoms with E-state index >= 15 is 0 Å². The van der Waals surface area contributed by atoms with E-state index < -0.39 is 0 Å². The van der Waals surface area contributed by atoms with Crippen molar-refractivity contribution >= 4 is 0 Å². The molecule has 1 heterocycles. The minimum absolute atomic E-state index is 0.622. The Labute approximate surface area is 231 Å². The molecule has 0 aromatic heterocycles. The maximum atomic E-state index is 6.22. The smallest absolute Gasteiger partial charge is 0.161 e. The number of hydrogen-bond donors (Lipinski definition) is 0. The van der Waals surface area contributed by atoms with Gasteiger partial charge in [0.2, 0.25) is 0 Å². The number of para-hydroxylation sites is 4. The Morgan fingerprint density at radius 2 is 0.789 bits per heavy atom. The average molecular weight is 527 g/mol. The highest BCUT2D eigenvalue weighted by atomic mass is 16.5. The van der Waals surface area contributed by atoms with Crippen molar-refractivity contribution in [3.8, 4) is 23.0 Å². The third-order valence-corrected chi connectivity index (χ3v) is 7.01. The molecular formula is C32H50N2O4. The number of fused-ring (bicyclic) bond motifs is 2. The summed E-state index contributed by atoms with van der Waals surface area (Å²) in [6.45, 7) is 12.5. The van der Waals surface area contributed by atoms with Crippen molar-refractivity contribution in [3.05, 3.63) is 48.5 Å². The molecule has 6 nitrogen and oxygen atoms in total. The van der Waals surface area contributed by atoms with E-state index in [0.717, 1.165) is 62.3 Å². The van der Waals surface area contributed by atoms with E-state index in [0.29, 0.717) is 26.4 Å². The summed E-state index contributed by atoms with van der Waals surface area (Å²) in [5.74, 6) is 3.29. The number of benzene rings is 2. The van der Waals surface area contributed by atoms with Crippen LogP contribution in [0.5, 0.6) is 23.0 Å². The summed E-state index contributed by atoms with van der Waals surface area (Å²) >= 11 is 0. The molecule has 0 atom stereocenters. The molecule has 2 aromatic rings. The van der Waals surface area contributed by atoms with Crippen LogP contribution in [0.4, 0.5) is 0 Å². The molecule has 212 valence electrons. The lowest BCUT2D eigenvalue weighted by Gasteiger charge is -2.25. The molecule has 1 aliphatic heterocycles. The minimum Gasteiger partial charge on any atom is -0.488 e. The fourth-order valence-electron chi connectivity index (χ4n) is 4.71. The fourth-order valence-corrected chi connectivity index (χ4v) is 4.71. The van der Waals surface area contributed by atoms with Gasteiger partial charge >= 0.3 is 0 Å². The van der Waals surface area contributed by atoms with Crippen molar-refractivity contribution in [1.82, 2.24) is 9.80 Å². The molecule has 3 rings (SSSR count). The number of hydrogen-bond acceptors (Lipinski definition) is 6. The first-order chi connectivity index (χ1) is 18.8. The summed E-state index contributed by atoms with van der Waals surface area (Å²) in [6.07, 6.45) is 9.98. The average Bonchev–Trinajstić information content (AvgIpc) is 2.94. The van der Waals surface area contributed by atoms with E-state index in [2.05, 4.69) is 23.6 Å². The van der Waals surface area contributed by atoms with Crippen LogP contribution in [-0.4, -0.2) is 75.5 Å². The van der Waals surface area contributed by atoms with Crippen LogP contribution in [0.2, 0.25) is 0 Å². The van der Waals surface area contributed by atoms with Gasteiger partial charge in [0.25, 0.3) is 0 Å². The second-order valence-corrected chi connectivity index (χ2v) is 10.1. The van der Waals surface area contributed by atoms with Gasteiger partial charge in [0.1, 0.15) is 26.4 Å². The molecule has 0 saturated carbocycles. The fraction of sp³-hybridized carbons (Fsp3) is 0.625. The molecule has 0 amide bonds. The molecule has 0 unspecified atom stereocenters. The summed E-state index contributed by atoms with van der Waals surface area (Å²) in [7, 11) is 0. The number of unbranched alkanes of at least 4 members (excludes halogenated alkanes) is 6. The van der Waals surface area contributed by atoms with E-state index in [-0.39, 0.29) is 0 Å². The standard InChI is InChI=1S/C32H50N2O4/c1-3-5-7-13-19-33-21-25-35-29-15-9-11-17-31(29)37-27-23-34(20-14-8-6-4-2)24-28-38-32-18-12-10-16-30(32)36-26-22-33/h9-12,15-18H,3-8,13-14,19-28H2,1-2H3. The largest absolute Gasteiger partial charge is 0.488 e. The maximum Gasteiger partial charge on any atom is 0.161 e. The Morgan fingerprint density at radius 1 is 0.474 bits per heavy atom. The first kappa shape index (κ1) is 30.1.